The number of rotatable bonds is 3. The normalized spacial score (nSPS) is 26.0. The lowest BCUT2D eigenvalue weighted by Gasteiger charge is -2.39. The lowest BCUT2D eigenvalue weighted by molar-refractivity contribution is -0.134. The van der Waals surface area contributed by atoms with Gasteiger partial charge < -0.3 is 5.32 Å². The number of nitrogens with one attached hydrogen (secondary N) is 1. The molecule has 0 spiro atoms. The first-order chi connectivity index (χ1) is 10.0. The highest BCUT2D eigenvalue weighted by Crippen LogP contribution is 2.36. The van der Waals surface area contributed by atoms with Crippen LogP contribution in [0, 0.1) is 18.7 Å². The van der Waals surface area contributed by atoms with Crippen molar-refractivity contribution >= 4 is 17.5 Å². The van der Waals surface area contributed by atoms with Gasteiger partial charge in [-0.2, -0.15) is 0 Å². The Hall–Kier alpha value is -1.91. The third kappa shape index (κ3) is 2.41. The molecule has 1 N–H and O–H groups in total. The number of benzene rings is 1. The van der Waals surface area contributed by atoms with Crippen LogP contribution in [0.3, 0.4) is 0 Å². The molecule has 1 heterocycles. The highest BCUT2D eigenvalue weighted by atomic mass is 19.1. The molecule has 2 aliphatic rings. The van der Waals surface area contributed by atoms with E-state index >= 15 is 0 Å². The van der Waals surface area contributed by atoms with Crippen LogP contribution in [-0.4, -0.2) is 23.9 Å². The van der Waals surface area contributed by atoms with E-state index in [-0.39, 0.29) is 23.5 Å². The zero-order valence-corrected chi connectivity index (χ0v) is 12.2. The van der Waals surface area contributed by atoms with Gasteiger partial charge in [0, 0.05) is 5.69 Å². The van der Waals surface area contributed by atoms with E-state index in [1.54, 1.807) is 24.0 Å². The molecule has 2 fully saturated rings. The van der Waals surface area contributed by atoms with Crippen molar-refractivity contribution in [2.24, 2.45) is 5.92 Å². The van der Waals surface area contributed by atoms with Crippen LogP contribution >= 0.6 is 0 Å². The van der Waals surface area contributed by atoms with Crippen molar-refractivity contribution in [3.05, 3.63) is 29.6 Å². The summed E-state index contributed by atoms with van der Waals surface area (Å²) < 4.78 is 13.5. The molecule has 2 atom stereocenters. The van der Waals surface area contributed by atoms with E-state index in [1.807, 2.05) is 6.92 Å². The molecule has 1 aromatic rings. The molecule has 2 unspecified atom stereocenters. The number of carbonyl (C=O) groups excluding carboxylic acids is 2. The average Bonchev–Trinajstić information content (AvgIpc) is 3.28. The summed E-state index contributed by atoms with van der Waals surface area (Å²) >= 11 is 0. The predicted molar refractivity (Wildman–Crippen MR) is 77.4 cm³/mol. The maximum atomic E-state index is 13.5. The molecular weight excluding hydrogens is 271 g/mol. The topological polar surface area (TPSA) is 49.4 Å². The zero-order chi connectivity index (χ0) is 15.1. The fourth-order valence-corrected chi connectivity index (χ4v) is 2.93. The van der Waals surface area contributed by atoms with Crippen LogP contribution < -0.4 is 10.2 Å². The van der Waals surface area contributed by atoms with Crippen LogP contribution in [0.4, 0.5) is 10.1 Å². The van der Waals surface area contributed by atoms with Crippen molar-refractivity contribution in [1.29, 1.82) is 0 Å². The van der Waals surface area contributed by atoms with Gasteiger partial charge in [0.2, 0.25) is 5.91 Å². The molecule has 1 saturated heterocycles. The number of halogens is 1. The van der Waals surface area contributed by atoms with Gasteiger partial charge >= 0.3 is 0 Å². The number of amides is 2. The van der Waals surface area contributed by atoms with E-state index in [0.29, 0.717) is 17.7 Å². The molecule has 4 nitrogen and oxygen atoms in total. The van der Waals surface area contributed by atoms with E-state index in [0.717, 1.165) is 12.8 Å². The van der Waals surface area contributed by atoms with E-state index in [4.69, 9.17) is 0 Å². The summed E-state index contributed by atoms with van der Waals surface area (Å²) in [5, 5.41) is 2.85. The summed E-state index contributed by atoms with van der Waals surface area (Å²) in [6, 6.07) is 3.62. The van der Waals surface area contributed by atoms with E-state index in [1.165, 1.54) is 6.07 Å². The SMILES string of the molecule is CCC1C(=O)NC(C2CC2)C(=O)N1c1ccc(F)c(C)c1. The third-order valence-electron chi connectivity index (χ3n) is 4.32. The van der Waals surface area contributed by atoms with Crippen LogP contribution in [0.2, 0.25) is 0 Å². The van der Waals surface area contributed by atoms with Crippen LogP contribution in [0.5, 0.6) is 0 Å². The summed E-state index contributed by atoms with van der Waals surface area (Å²) in [6.45, 7) is 3.53. The van der Waals surface area contributed by atoms with Crippen molar-refractivity contribution in [2.75, 3.05) is 4.90 Å². The highest BCUT2D eigenvalue weighted by molar-refractivity contribution is 6.08. The van der Waals surface area contributed by atoms with Crippen LogP contribution in [0.25, 0.3) is 0 Å². The van der Waals surface area contributed by atoms with Crippen molar-refractivity contribution in [3.8, 4) is 0 Å². The second kappa shape index (κ2) is 5.13. The minimum atomic E-state index is -0.516. The first-order valence-corrected chi connectivity index (χ1v) is 7.42. The standard InChI is InChI=1S/C16H19FN2O2/c1-3-13-15(20)18-14(10-4-5-10)16(21)19(13)11-6-7-12(17)9(2)8-11/h6-8,10,13-14H,3-5H2,1-2H3,(H,18,20). The summed E-state index contributed by atoms with van der Waals surface area (Å²) in [5.74, 6) is -0.242. The summed E-state index contributed by atoms with van der Waals surface area (Å²) in [6.07, 6.45) is 2.49. The molecule has 1 aliphatic carbocycles. The monoisotopic (exact) mass is 290 g/mol. The third-order valence-corrected chi connectivity index (χ3v) is 4.32. The average molecular weight is 290 g/mol. The molecule has 1 aliphatic heterocycles. The first-order valence-electron chi connectivity index (χ1n) is 7.42. The van der Waals surface area contributed by atoms with E-state index in [2.05, 4.69) is 5.32 Å². The maximum absolute atomic E-state index is 13.5. The molecule has 21 heavy (non-hydrogen) atoms. The number of anilines is 1. The lowest BCUT2D eigenvalue weighted by Crippen LogP contribution is -2.64. The van der Waals surface area contributed by atoms with Crippen molar-refractivity contribution in [3.63, 3.8) is 0 Å². The van der Waals surface area contributed by atoms with E-state index < -0.39 is 12.1 Å². The minimum absolute atomic E-state index is 0.0741. The second-order valence-corrected chi connectivity index (χ2v) is 5.89. The molecule has 3 rings (SSSR count). The van der Waals surface area contributed by atoms with Gasteiger partial charge in [-0.3, -0.25) is 14.5 Å². The van der Waals surface area contributed by atoms with Crippen LogP contribution in [0.1, 0.15) is 31.7 Å². The highest BCUT2D eigenvalue weighted by Gasteiger charge is 2.46. The number of carbonyl (C=O) groups is 2. The Morgan fingerprint density at radius 1 is 1.33 bits per heavy atom. The van der Waals surface area contributed by atoms with E-state index in [9.17, 15) is 14.0 Å². The Morgan fingerprint density at radius 2 is 2.05 bits per heavy atom. The molecule has 0 radical (unpaired) electrons. The lowest BCUT2D eigenvalue weighted by atomic mass is 10.0. The number of piperazine rings is 1. The molecule has 0 aromatic heterocycles. The first kappa shape index (κ1) is 14.0. The number of hydrogen-bond donors (Lipinski definition) is 1. The molecule has 5 heteroatoms. The Morgan fingerprint density at radius 3 is 2.62 bits per heavy atom. The van der Waals surface area contributed by atoms with Gasteiger partial charge in [0.05, 0.1) is 0 Å². The molecule has 112 valence electrons. The Labute approximate surface area is 123 Å². The van der Waals surface area contributed by atoms with Crippen LogP contribution in [0.15, 0.2) is 18.2 Å². The van der Waals surface area contributed by atoms with Gasteiger partial charge in [-0.05, 0) is 55.9 Å². The molecular formula is C16H19FN2O2. The predicted octanol–water partition coefficient (Wildman–Crippen LogP) is 2.15. The minimum Gasteiger partial charge on any atom is -0.342 e. The zero-order valence-electron chi connectivity index (χ0n) is 12.2. The molecule has 1 aromatic carbocycles. The largest absolute Gasteiger partial charge is 0.342 e. The Kier molecular flexibility index (Phi) is 3.43. The summed E-state index contributed by atoms with van der Waals surface area (Å²) in [5.41, 5.74) is 1.08. The number of hydrogen-bond acceptors (Lipinski definition) is 2. The number of aryl methyl sites for hydroxylation is 1. The smallest absolute Gasteiger partial charge is 0.250 e. The number of nitrogens with zero attached hydrogens (tertiary/aromatic N) is 1. The fourth-order valence-electron chi connectivity index (χ4n) is 2.93. The van der Waals surface area contributed by atoms with Gasteiger partial charge in [0.25, 0.3) is 5.91 Å². The fraction of sp³-hybridized carbons (Fsp3) is 0.500. The summed E-state index contributed by atoms with van der Waals surface area (Å²) in [4.78, 5) is 26.6. The van der Waals surface area contributed by atoms with Gasteiger partial charge in [0.1, 0.15) is 17.9 Å². The molecule has 2 amide bonds. The summed E-state index contributed by atoms with van der Waals surface area (Å²) in [7, 11) is 0. The van der Waals surface area contributed by atoms with Crippen molar-refractivity contribution in [1.82, 2.24) is 5.32 Å². The Bertz CT molecular complexity index is 598. The van der Waals surface area contributed by atoms with Gasteiger partial charge in [-0.25, -0.2) is 4.39 Å². The van der Waals surface area contributed by atoms with Gasteiger partial charge in [-0.15, -0.1) is 0 Å². The maximum Gasteiger partial charge on any atom is 0.250 e. The molecule has 0 bridgehead atoms. The van der Waals surface area contributed by atoms with Crippen LogP contribution in [-0.2, 0) is 9.59 Å². The van der Waals surface area contributed by atoms with Gasteiger partial charge in [-0.1, -0.05) is 6.92 Å². The second-order valence-electron chi connectivity index (χ2n) is 5.89. The van der Waals surface area contributed by atoms with Crippen molar-refractivity contribution < 1.29 is 14.0 Å². The van der Waals surface area contributed by atoms with Gasteiger partial charge in [0.15, 0.2) is 0 Å². The quantitative estimate of drug-likeness (QED) is 0.927. The Balaban J connectivity index is 1.99. The molecule has 1 saturated carbocycles. The van der Waals surface area contributed by atoms with Crippen molar-refractivity contribution in [2.45, 2.75) is 45.2 Å².